The monoisotopic (exact) mass is 369 g/mol. The first-order valence-electron chi connectivity index (χ1n) is 8.87. The van der Waals surface area contributed by atoms with E-state index in [4.69, 9.17) is 4.74 Å². The molecule has 138 valence electrons. The second-order valence-electron chi connectivity index (χ2n) is 6.15. The standard InChI is InChI=1S/C22H19N5O/c1-16-14-21(27-22(24-16)26-18-6-5-13-23-15-18)25-17-9-11-20(12-10-17)28-19-7-3-2-4-8-19/h2-15H,1H3,(H2,24,25,26,27). The van der Waals surface area contributed by atoms with E-state index in [1.807, 2.05) is 79.7 Å². The zero-order valence-corrected chi connectivity index (χ0v) is 15.3. The zero-order chi connectivity index (χ0) is 19.2. The predicted octanol–water partition coefficient (Wildman–Crippen LogP) is 5.46. The van der Waals surface area contributed by atoms with Crippen LogP contribution in [0, 0.1) is 6.92 Å². The quantitative estimate of drug-likeness (QED) is 0.470. The van der Waals surface area contributed by atoms with Gasteiger partial charge in [-0.2, -0.15) is 4.98 Å². The fourth-order valence-electron chi connectivity index (χ4n) is 2.63. The smallest absolute Gasteiger partial charge is 0.229 e. The maximum Gasteiger partial charge on any atom is 0.229 e. The molecule has 4 aromatic rings. The number of hydrogen-bond donors (Lipinski definition) is 2. The Morgan fingerprint density at radius 3 is 2.29 bits per heavy atom. The number of aromatic nitrogens is 3. The number of hydrogen-bond acceptors (Lipinski definition) is 6. The van der Waals surface area contributed by atoms with Crippen molar-refractivity contribution in [2.75, 3.05) is 10.6 Å². The van der Waals surface area contributed by atoms with Gasteiger partial charge in [0.05, 0.1) is 11.9 Å². The maximum absolute atomic E-state index is 5.82. The number of para-hydroxylation sites is 1. The molecule has 0 aliphatic rings. The zero-order valence-electron chi connectivity index (χ0n) is 15.3. The lowest BCUT2D eigenvalue weighted by Gasteiger charge is -2.11. The summed E-state index contributed by atoms with van der Waals surface area (Å²) in [7, 11) is 0. The van der Waals surface area contributed by atoms with E-state index in [1.165, 1.54) is 0 Å². The molecule has 0 spiro atoms. The van der Waals surface area contributed by atoms with Crippen molar-refractivity contribution < 1.29 is 4.74 Å². The third-order valence-electron chi connectivity index (χ3n) is 3.88. The van der Waals surface area contributed by atoms with Crippen molar-refractivity contribution in [1.82, 2.24) is 15.0 Å². The third kappa shape index (κ3) is 4.62. The molecule has 0 atom stereocenters. The minimum absolute atomic E-state index is 0.513. The van der Waals surface area contributed by atoms with E-state index in [0.717, 1.165) is 28.6 Å². The minimum Gasteiger partial charge on any atom is -0.457 e. The summed E-state index contributed by atoms with van der Waals surface area (Å²) in [4.78, 5) is 13.0. The molecular formula is C22H19N5O. The van der Waals surface area contributed by atoms with Gasteiger partial charge < -0.3 is 15.4 Å². The molecule has 2 aromatic heterocycles. The Morgan fingerprint density at radius 1 is 0.750 bits per heavy atom. The second kappa shape index (κ2) is 8.18. The van der Waals surface area contributed by atoms with Crippen LogP contribution < -0.4 is 15.4 Å². The number of rotatable bonds is 6. The van der Waals surface area contributed by atoms with Crippen LogP contribution in [-0.2, 0) is 0 Å². The number of aryl methyl sites for hydroxylation is 1. The first kappa shape index (κ1) is 17.5. The highest BCUT2D eigenvalue weighted by Crippen LogP contribution is 2.24. The summed E-state index contributed by atoms with van der Waals surface area (Å²) in [5.41, 5.74) is 2.60. The van der Waals surface area contributed by atoms with Gasteiger partial charge in [-0.1, -0.05) is 18.2 Å². The summed E-state index contributed by atoms with van der Waals surface area (Å²) in [6.45, 7) is 1.93. The highest BCUT2D eigenvalue weighted by atomic mass is 16.5. The molecule has 0 bridgehead atoms. The lowest BCUT2D eigenvalue weighted by Crippen LogP contribution is -2.02. The van der Waals surface area contributed by atoms with E-state index in [1.54, 1.807) is 12.4 Å². The molecule has 0 radical (unpaired) electrons. The molecule has 0 fully saturated rings. The topological polar surface area (TPSA) is 72.0 Å². The Balaban J connectivity index is 1.46. The van der Waals surface area contributed by atoms with Crippen molar-refractivity contribution in [3.63, 3.8) is 0 Å². The van der Waals surface area contributed by atoms with Crippen LogP contribution >= 0.6 is 0 Å². The average molecular weight is 369 g/mol. The highest BCUT2D eigenvalue weighted by Gasteiger charge is 2.04. The molecule has 6 nitrogen and oxygen atoms in total. The highest BCUT2D eigenvalue weighted by molar-refractivity contribution is 5.60. The predicted molar refractivity (Wildman–Crippen MR) is 111 cm³/mol. The van der Waals surface area contributed by atoms with Crippen LogP contribution in [0.25, 0.3) is 0 Å². The van der Waals surface area contributed by atoms with Gasteiger partial charge in [-0.15, -0.1) is 0 Å². The van der Waals surface area contributed by atoms with Crippen molar-refractivity contribution >= 4 is 23.1 Å². The first-order valence-corrected chi connectivity index (χ1v) is 8.87. The number of nitrogens with zero attached hydrogens (tertiary/aromatic N) is 3. The van der Waals surface area contributed by atoms with Gasteiger partial charge >= 0.3 is 0 Å². The van der Waals surface area contributed by atoms with Gasteiger partial charge in [0.15, 0.2) is 0 Å². The van der Waals surface area contributed by atoms with Crippen LogP contribution in [0.3, 0.4) is 0 Å². The molecule has 0 unspecified atom stereocenters. The van der Waals surface area contributed by atoms with E-state index in [0.29, 0.717) is 11.8 Å². The molecule has 2 heterocycles. The summed E-state index contributed by atoms with van der Waals surface area (Å²) in [5, 5.41) is 6.46. The molecule has 0 saturated heterocycles. The molecule has 28 heavy (non-hydrogen) atoms. The Hall–Kier alpha value is -3.93. The molecule has 2 aromatic carbocycles. The molecular weight excluding hydrogens is 350 g/mol. The second-order valence-corrected chi connectivity index (χ2v) is 6.15. The molecule has 2 N–H and O–H groups in total. The number of pyridine rings is 1. The van der Waals surface area contributed by atoms with Gasteiger partial charge in [-0.05, 0) is 55.5 Å². The molecule has 4 rings (SSSR count). The Bertz CT molecular complexity index is 1040. The van der Waals surface area contributed by atoms with Crippen molar-refractivity contribution in [3.8, 4) is 11.5 Å². The largest absolute Gasteiger partial charge is 0.457 e. The van der Waals surface area contributed by atoms with Crippen LogP contribution in [0.5, 0.6) is 11.5 Å². The van der Waals surface area contributed by atoms with Gasteiger partial charge in [0.25, 0.3) is 0 Å². The molecule has 0 aliphatic carbocycles. The lowest BCUT2D eigenvalue weighted by molar-refractivity contribution is 0.483. The van der Waals surface area contributed by atoms with Gasteiger partial charge in [0, 0.05) is 23.6 Å². The van der Waals surface area contributed by atoms with E-state index >= 15 is 0 Å². The van der Waals surface area contributed by atoms with Crippen LogP contribution in [-0.4, -0.2) is 15.0 Å². The van der Waals surface area contributed by atoms with Crippen molar-refractivity contribution in [1.29, 1.82) is 0 Å². The third-order valence-corrected chi connectivity index (χ3v) is 3.88. The fourth-order valence-corrected chi connectivity index (χ4v) is 2.63. The minimum atomic E-state index is 0.513. The Morgan fingerprint density at radius 2 is 1.54 bits per heavy atom. The number of anilines is 4. The molecule has 0 saturated carbocycles. The van der Waals surface area contributed by atoms with E-state index in [2.05, 4.69) is 25.6 Å². The summed E-state index contributed by atoms with van der Waals surface area (Å²) in [6.07, 6.45) is 3.45. The van der Waals surface area contributed by atoms with E-state index < -0.39 is 0 Å². The van der Waals surface area contributed by atoms with E-state index in [9.17, 15) is 0 Å². The first-order chi connectivity index (χ1) is 13.7. The summed E-state index contributed by atoms with van der Waals surface area (Å²) < 4.78 is 5.82. The van der Waals surface area contributed by atoms with E-state index in [-0.39, 0.29) is 0 Å². The van der Waals surface area contributed by atoms with Crippen LogP contribution in [0.1, 0.15) is 5.69 Å². The summed E-state index contributed by atoms with van der Waals surface area (Å²) in [5.74, 6) is 2.80. The normalized spacial score (nSPS) is 10.3. The Labute approximate surface area is 163 Å². The van der Waals surface area contributed by atoms with Crippen LogP contribution in [0.15, 0.2) is 85.2 Å². The van der Waals surface area contributed by atoms with Crippen molar-refractivity contribution in [3.05, 3.63) is 90.9 Å². The summed E-state index contributed by atoms with van der Waals surface area (Å²) >= 11 is 0. The fraction of sp³-hybridized carbons (Fsp3) is 0.0455. The van der Waals surface area contributed by atoms with Gasteiger partial charge in [0.1, 0.15) is 17.3 Å². The SMILES string of the molecule is Cc1cc(Nc2ccc(Oc3ccccc3)cc2)nc(Nc2cccnc2)n1. The van der Waals surface area contributed by atoms with Gasteiger partial charge in [-0.3, -0.25) is 4.98 Å². The Kier molecular flexibility index (Phi) is 5.11. The lowest BCUT2D eigenvalue weighted by atomic mass is 10.3. The summed E-state index contributed by atoms with van der Waals surface area (Å²) in [6, 6.07) is 23.1. The van der Waals surface area contributed by atoms with Crippen LogP contribution in [0.4, 0.5) is 23.1 Å². The van der Waals surface area contributed by atoms with Crippen molar-refractivity contribution in [2.45, 2.75) is 6.92 Å². The number of ether oxygens (including phenoxy) is 1. The van der Waals surface area contributed by atoms with Gasteiger partial charge in [-0.25, -0.2) is 4.98 Å². The van der Waals surface area contributed by atoms with Crippen LogP contribution in [0.2, 0.25) is 0 Å². The average Bonchev–Trinajstić information content (AvgIpc) is 2.71. The molecule has 0 aliphatic heterocycles. The van der Waals surface area contributed by atoms with Crippen molar-refractivity contribution in [2.24, 2.45) is 0 Å². The number of benzene rings is 2. The number of nitrogens with one attached hydrogen (secondary N) is 2. The maximum atomic E-state index is 5.82. The molecule has 0 amide bonds. The molecule has 6 heteroatoms. The van der Waals surface area contributed by atoms with Gasteiger partial charge in [0.2, 0.25) is 5.95 Å².